The van der Waals surface area contributed by atoms with Gasteiger partial charge in [-0.25, -0.2) is 4.79 Å². The van der Waals surface area contributed by atoms with Crippen molar-refractivity contribution in [3.8, 4) is 0 Å². The molecular formula is C12H20F6N2O5. The van der Waals surface area contributed by atoms with Crippen molar-refractivity contribution in [2.24, 2.45) is 5.73 Å². The van der Waals surface area contributed by atoms with Gasteiger partial charge in [0.2, 0.25) is 0 Å². The number of aliphatic carboxylic acids is 2. The molecule has 1 fully saturated rings. The fraction of sp³-hybridized carbons (Fsp3) is 0.833. The second kappa shape index (κ2) is 11.1. The zero-order chi connectivity index (χ0) is 20.3. The molecule has 1 rings (SSSR count). The largest absolute Gasteiger partial charge is 0.542 e. The predicted octanol–water partition coefficient (Wildman–Crippen LogP) is -0.256. The zero-order valence-electron chi connectivity index (χ0n) is 13.3. The van der Waals surface area contributed by atoms with Crippen molar-refractivity contribution in [2.75, 3.05) is 46.4 Å². The van der Waals surface area contributed by atoms with Crippen molar-refractivity contribution in [3.63, 3.8) is 0 Å². The number of rotatable bonds is 3. The van der Waals surface area contributed by atoms with E-state index in [1.165, 1.54) is 6.54 Å². The van der Waals surface area contributed by atoms with Gasteiger partial charge in [0.05, 0.1) is 26.8 Å². The number of morpholine rings is 1. The lowest BCUT2D eigenvalue weighted by molar-refractivity contribution is -0.916. The lowest BCUT2D eigenvalue weighted by Crippen LogP contribution is -2.52. The van der Waals surface area contributed by atoms with E-state index in [-0.39, 0.29) is 0 Å². The first kappa shape index (κ1) is 25.6. The molecule has 0 atom stereocenters. The number of ether oxygens (including phenoxy) is 1. The van der Waals surface area contributed by atoms with Gasteiger partial charge in [-0.1, -0.05) is 0 Å². The van der Waals surface area contributed by atoms with Gasteiger partial charge in [0.1, 0.15) is 19.1 Å². The Morgan fingerprint density at radius 1 is 1.12 bits per heavy atom. The van der Waals surface area contributed by atoms with E-state index in [1.807, 2.05) is 0 Å². The molecule has 0 saturated carbocycles. The first-order chi connectivity index (χ1) is 11.2. The Labute approximate surface area is 139 Å². The van der Waals surface area contributed by atoms with Gasteiger partial charge in [-0.3, -0.25) is 0 Å². The highest BCUT2D eigenvalue weighted by Gasteiger charge is 2.38. The minimum Gasteiger partial charge on any atom is -0.542 e. The van der Waals surface area contributed by atoms with Crippen molar-refractivity contribution < 1.29 is 55.4 Å². The number of likely N-dealkylation sites (N-methyl/N-ethyl adjacent to an activating group) is 1. The van der Waals surface area contributed by atoms with Gasteiger partial charge in [-0.15, -0.1) is 0 Å². The van der Waals surface area contributed by atoms with Gasteiger partial charge < -0.3 is 30.0 Å². The van der Waals surface area contributed by atoms with E-state index in [0.717, 1.165) is 43.8 Å². The summed E-state index contributed by atoms with van der Waals surface area (Å²) in [5.41, 5.74) is 5.46. The number of halogens is 6. The Hall–Kier alpha value is -1.60. The molecule has 7 nitrogen and oxygen atoms in total. The Morgan fingerprint density at radius 2 is 1.48 bits per heavy atom. The van der Waals surface area contributed by atoms with Gasteiger partial charge in [-0.2, -0.15) is 26.3 Å². The third-order valence-corrected chi connectivity index (χ3v) is 2.93. The molecule has 0 aromatic carbocycles. The fourth-order valence-corrected chi connectivity index (χ4v) is 1.48. The van der Waals surface area contributed by atoms with Gasteiger partial charge in [0, 0.05) is 6.42 Å². The molecule has 0 unspecified atom stereocenters. The fourth-order valence-electron chi connectivity index (χ4n) is 1.48. The molecule has 1 saturated heterocycles. The summed E-state index contributed by atoms with van der Waals surface area (Å²) in [6.45, 7) is 6.16. The predicted molar refractivity (Wildman–Crippen MR) is 70.0 cm³/mol. The molecule has 0 spiro atoms. The third-order valence-electron chi connectivity index (χ3n) is 2.93. The number of nitrogens with zero attached hydrogens (tertiary/aromatic N) is 1. The molecule has 1 aliphatic rings. The zero-order valence-corrected chi connectivity index (χ0v) is 13.3. The number of carboxylic acid groups (broad SMARTS) is 2. The molecule has 0 aromatic heterocycles. The number of hydrogen-bond donors (Lipinski definition) is 2. The third kappa shape index (κ3) is 14.4. The minimum atomic E-state index is -5.19. The second-order valence-electron chi connectivity index (χ2n) is 5.13. The van der Waals surface area contributed by atoms with E-state index in [4.69, 9.17) is 30.3 Å². The minimum absolute atomic E-state index is 0.814. The highest BCUT2D eigenvalue weighted by Crippen LogP contribution is 2.13. The normalized spacial score (nSPS) is 16.6. The number of carbonyl (C=O) groups excluding carboxylic acids is 1. The highest BCUT2D eigenvalue weighted by atomic mass is 19.4. The number of carbonyl (C=O) groups is 2. The van der Waals surface area contributed by atoms with Crippen LogP contribution in [0.1, 0.15) is 6.42 Å². The smallest absolute Gasteiger partial charge is 0.490 e. The van der Waals surface area contributed by atoms with Crippen molar-refractivity contribution in [3.05, 3.63) is 0 Å². The van der Waals surface area contributed by atoms with Crippen LogP contribution in [0.2, 0.25) is 0 Å². The summed E-state index contributed by atoms with van der Waals surface area (Å²) in [5.74, 6) is -5.76. The Balaban J connectivity index is 0. The van der Waals surface area contributed by atoms with E-state index in [9.17, 15) is 26.3 Å². The van der Waals surface area contributed by atoms with Crippen LogP contribution in [0.15, 0.2) is 0 Å². The van der Waals surface area contributed by atoms with Gasteiger partial charge in [-0.05, 0) is 6.54 Å². The lowest BCUT2D eigenvalue weighted by atomic mass is 10.3. The Morgan fingerprint density at radius 3 is 1.72 bits per heavy atom. The maximum atomic E-state index is 10.6. The van der Waals surface area contributed by atoms with Gasteiger partial charge in [0.25, 0.3) is 0 Å². The SMILES string of the molecule is C[N+]1(CCCN)CCOCC1.O=C(O)C(F)(F)F.O=C([O-])C(F)(F)F. The molecule has 0 aliphatic carbocycles. The number of carboxylic acids is 2. The Bertz CT molecular complexity index is 384. The molecule has 1 aliphatic heterocycles. The van der Waals surface area contributed by atoms with E-state index < -0.39 is 24.3 Å². The average molecular weight is 386 g/mol. The van der Waals surface area contributed by atoms with Crippen LogP contribution in [-0.4, -0.2) is 80.3 Å². The molecule has 13 heteroatoms. The molecule has 150 valence electrons. The Kier molecular flexibility index (Phi) is 11.4. The monoisotopic (exact) mass is 386 g/mol. The van der Waals surface area contributed by atoms with Crippen LogP contribution in [0.25, 0.3) is 0 Å². The highest BCUT2D eigenvalue weighted by molar-refractivity contribution is 5.73. The molecule has 0 aromatic rings. The molecule has 3 N–H and O–H groups in total. The van der Waals surface area contributed by atoms with Crippen molar-refractivity contribution in [1.29, 1.82) is 0 Å². The maximum absolute atomic E-state index is 10.6. The van der Waals surface area contributed by atoms with Crippen LogP contribution < -0.4 is 10.8 Å². The number of hydrogen-bond acceptors (Lipinski definition) is 5. The topological polar surface area (TPSA) is 113 Å². The van der Waals surface area contributed by atoms with Gasteiger partial charge in [0.15, 0.2) is 0 Å². The van der Waals surface area contributed by atoms with Crippen LogP contribution in [0.3, 0.4) is 0 Å². The van der Waals surface area contributed by atoms with E-state index in [0.29, 0.717) is 0 Å². The standard InChI is InChI=1S/C8H19N2O.2C2HF3O2/c1-10(4-2-3-9)5-7-11-8-6-10;2*3-2(4,5)1(6)7/h2-9H2,1H3;2*(H,6,7)/q+1;;/p-1. The summed E-state index contributed by atoms with van der Waals surface area (Å²) >= 11 is 0. The van der Waals surface area contributed by atoms with Crippen LogP contribution in [-0.2, 0) is 14.3 Å². The van der Waals surface area contributed by atoms with Gasteiger partial charge >= 0.3 is 18.3 Å². The summed E-state index contributed by atoms with van der Waals surface area (Å²) in [6, 6.07) is 0. The summed E-state index contributed by atoms with van der Waals surface area (Å²) in [6.07, 6.45) is -9.14. The summed E-state index contributed by atoms with van der Waals surface area (Å²) in [4.78, 5) is 17.7. The van der Waals surface area contributed by atoms with Crippen LogP contribution in [0.5, 0.6) is 0 Å². The first-order valence-electron chi connectivity index (χ1n) is 6.85. The molecule has 25 heavy (non-hydrogen) atoms. The van der Waals surface area contributed by atoms with E-state index >= 15 is 0 Å². The van der Waals surface area contributed by atoms with Crippen molar-refractivity contribution in [1.82, 2.24) is 0 Å². The quantitative estimate of drug-likeness (QED) is 0.511. The lowest BCUT2D eigenvalue weighted by Gasteiger charge is -2.37. The summed E-state index contributed by atoms with van der Waals surface area (Å²) < 4.78 is 69.7. The van der Waals surface area contributed by atoms with E-state index in [1.54, 1.807) is 0 Å². The molecule has 0 radical (unpaired) electrons. The molecule has 1 heterocycles. The van der Waals surface area contributed by atoms with Crippen molar-refractivity contribution in [2.45, 2.75) is 18.8 Å². The summed E-state index contributed by atoms with van der Waals surface area (Å²) in [5, 5.41) is 15.9. The van der Waals surface area contributed by atoms with E-state index in [2.05, 4.69) is 7.05 Å². The number of nitrogens with two attached hydrogens (primary N) is 1. The van der Waals surface area contributed by atoms with Crippen molar-refractivity contribution >= 4 is 11.9 Å². The maximum Gasteiger partial charge on any atom is 0.490 e. The molecule has 0 amide bonds. The van der Waals surface area contributed by atoms with Crippen LogP contribution in [0.4, 0.5) is 26.3 Å². The van der Waals surface area contributed by atoms with Crippen LogP contribution in [0, 0.1) is 0 Å². The average Bonchev–Trinajstić information content (AvgIpc) is 2.45. The number of alkyl halides is 6. The first-order valence-corrected chi connectivity index (χ1v) is 6.85. The molecule has 0 bridgehead atoms. The summed E-state index contributed by atoms with van der Waals surface area (Å²) in [7, 11) is 2.29. The number of quaternary nitrogens is 1. The molecular weight excluding hydrogens is 366 g/mol. The van der Waals surface area contributed by atoms with Crippen LogP contribution >= 0.6 is 0 Å². The second-order valence-corrected chi connectivity index (χ2v) is 5.13.